The minimum Gasteiger partial charge on any atom is -0.497 e. The first-order valence-corrected chi connectivity index (χ1v) is 12.8. The van der Waals surface area contributed by atoms with E-state index in [1.807, 2.05) is 6.07 Å². The average molecular weight is 500 g/mol. The van der Waals surface area contributed by atoms with Gasteiger partial charge in [0, 0.05) is 36.4 Å². The van der Waals surface area contributed by atoms with E-state index in [2.05, 4.69) is 28.8 Å². The molecule has 0 radical (unpaired) electrons. The van der Waals surface area contributed by atoms with Crippen LogP contribution in [-0.4, -0.2) is 47.8 Å². The quantitative estimate of drug-likeness (QED) is 0.499. The van der Waals surface area contributed by atoms with Gasteiger partial charge in [0.05, 0.1) is 24.8 Å². The molecule has 0 aromatic heterocycles. The van der Waals surface area contributed by atoms with Gasteiger partial charge in [-0.2, -0.15) is 0 Å². The molecule has 0 amide bonds. The molecular formula is C26H30FN3O4S. The summed E-state index contributed by atoms with van der Waals surface area (Å²) in [5.41, 5.74) is 2.14. The van der Waals surface area contributed by atoms with Crippen molar-refractivity contribution in [3.63, 3.8) is 0 Å². The Balaban J connectivity index is 1.60. The van der Waals surface area contributed by atoms with Crippen LogP contribution in [0.15, 0.2) is 65.6 Å². The lowest BCUT2D eigenvalue weighted by Crippen LogP contribution is -2.54. The van der Waals surface area contributed by atoms with Gasteiger partial charge in [-0.25, -0.2) is 12.8 Å². The molecule has 0 bridgehead atoms. The number of nitrogens with zero attached hydrogens (tertiary/aromatic N) is 1. The summed E-state index contributed by atoms with van der Waals surface area (Å²) in [4.78, 5) is 2.28. The fourth-order valence-electron chi connectivity index (χ4n) is 4.38. The Labute approximate surface area is 205 Å². The first-order chi connectivity index (χ1) is 16.7. The number of nitrogens with one attached hydrogen (secondary N) is 2. The molecule has 1 heterocycles. The molecule has 1 fully saturated rings. The minimum atomic E-state index is -3.92. The first kappa shape index (κ1) is 24.8. The van der Waals surface area contributed by atoms with E-state index in [1.54, 1.807) is 30.3 Å². The lowest BCUT2D eigenvalue weighted by molar-refractivity contribution is 0.406. The van der Waals surface area contributed by atoms with Crippen LogP contribution in [0.2, 0.25) is 0 Å². The van der Waals surface area contributed by atoms with Crippen LogP contribution in [0.3, 0.4) is 0 Å². The Morgan fingerprint density at radius 3 is 2.26 bits per heavy atom. The summed E-state index contributed by atoms with van der Waals surface area (Å²) in [5, 5.41) is 3.49. The van der Waals surface area contributed by atoms with Crippen LogP contribution >= 0.6 is 0 Å². The molecule has 3 aromatic rings. The van der Waals surface area contributed by atoms with Crippen LogP contribution in [0.25, 0.3) is 11.1 Å². The van der Waals surface area contributed by atoms with Gasteiger partial charge in [0.2, 0.25) is 0 Å². The zero-order chi connectivity index (χ0) is 25.2. The highest BCUT2D eigenvalue weighted by Crippen LogP contribution is 2.33. The molecule has 0 unspecified atom stereocenters. The van der Waals surface area contributed by atoms with E-state index in [-0.39, 0.29) is 4.90 Å². The van der Waals surface area contributed by atoms with E-state index >= 15 is 0 Å². The van der Waals surface area contributed by atoms with Gasteiger partial charge in [-0.05, 0) is 67.9 Å². The number of ether oxygens (including phenoxy) is 2. The van der Waals surface area contributed by atoms with Gasteiger partial charge < -0.3 is 19.7 Å². The van der Waals surface area contributed by atoms with Gasteiger partial charge in [-0.1, -0.05) is 12.1 Å². The SMILES string of the molecule is COc1ccc(F)c(-c2ccc(S(=O)(=O)Nc3cc(N4C[C@@H](C)N[C@@H](C)C4)ccc3OC)cc2)c1. The molecule has 2 atom stereocenters. The topological polar surface area (TPSA) is 79.9 Å². The maximum absolute atomic E-state index is 14.3. The fourth-order valence-corrected chi connectivity index (χ4v) is 5.44. The highest BCUT2D eigenvalue weighted by atomic mass is 32.2. The van der Waals surface area contributed by atoms with Gasteiger partial charge in [0.25, 0.3) is 10.0 Å². The van der Waals surface area contributed by atoms with Crippen molar-refractivity contribution in [3.05, 3.63) is 66.5 Å². The van der Waals surface area contributed by atoms with Crippen LogP contribution in [-0.2, 0) is 10.0 Å². The summed E-state index contributed by atoms with van der Waals surface area (Å²) in [6.07, 6.45) is 0. The largest absolute Gasteiger partial charge is 0.497 e. The van der Waals surface area contributed by atoms with E-state index < -0.39 is 15.8 Å². The van der Waals surface area contributed by atoms with Crippen LogP contribution in [0, 0.1) is 5.82 Å². The molecule has 0 spiro atoms. The first-order valence-electron chi connectivity index (χ1n) is 11.4. The molecule has 1 aliphatic heterocycles. The summed E-state index contributed by atoms with van der Waals surface area (Å²) in [6, 6.07) is 16.6. The highest BCUT2D eigenvalue weighted by Gasteiger charge is 2.23. The van der Waals surface area contributed by atoms with Crippen molar-refractivity contribution < 1.29 is 22.3 Å². The predicted molar refractivity (Wildman–Crippen MR) is 136 cm³/mol. The van der Waals surface area contributed by atoms with Gasteiger partial charge in [0.15, 0.2) is 0 Å². The van der Waals surface area contributed by atoms with Crippen LogP contribution in [0.4, 0.5) is 15.8 Å². The number of piperazine rings is 1. The third kappa shape index (κ3) is 5.52. The zero-order valence-corrected chi connectivity index (χ0v) is 21.0. The average Bonchev–Trinajstić information content (AvgIpc) is 2.83. The number of hydrogen-bond donors (Lipinski definition) is 2. The Kier molecular flexibility index (Phi) is 7.18. The summed E-state index contributed by atoms with van der Waals surface area (Å²) in [6.45, 7) is 5.87. The smallest absolute Gasteiger partial charge is 0.262 e. The van der Waals surface area contributed by atoms with Crippen molar-refractivity contribution >= 4 is 21.4 Å². The van der Waals surface area contributed by atoms with Crippen molar-refractivity contribution in [2.24, 2.45) is 0 Å². The van der Waals surface area contributed by atoms with E-state index in [0.717, 1.165) is 18.8 Å². The Hall–Kier alpha value is -3.30. The maximum Gasteiger partial charge on any atom is 0.262 e. The molecule has 1 saturated heterocycles. The third-order valence-electron chi connectivity index (χ3n) is 6.00. The second kappa shape index (κ2) is 10.1. The molecule has 1 aliphatic rings. The summed E-state index contributed by atoms with van der Waals surface area (Å²) < 4.78 is 54.0. The number of sulfonamides is 1. The maximum atomic E-state index is 14.3. The van der Waals surface area contributed by atoms with Crippen molar-refractivity contribution in [2.75, 3.05) is 36.9 Å². The molecule has 0 aliphatic carbocycles. The van der Waals surface area contributed by atoms with Crippen LogP contribution < -0.4 is 24.4 Å². The van der Waals surface area contributed by atoms with E-state index in [4.69, 9.17) is 9.47 Å². The third-order valence-corrected chi connectivity index (χ3v) is 7.38. The fraction of sp³-hybridized carbons (Fsp3) is 0.308. The highest BCUT2D eigenvalue weighted by molar-refractivity contribution is 7.92. The van der Waals surface area contributed by atoms with E-state index in [0.29, 0.717) is 40.4 Å². The molecule has 0 saturated carbocycles. The molecule has 4 rings (SSSR count). The minimum absolute atomic E-state index is 0.0569. The van der Waals surface area contributed by atoms with Crippen LogP contribution in [0.1, 0.15) is 13.8 Å². The second-order valence-corrected chi connectivity index (χ2v) is 10.4. The summed E-state index contributed by atoms with van der Waals surface area (Å²) in [7, 11) is -0.912. The van der Waals surface area contributed by atoms with Gasteiger partial charge >= 0.3 is 0 Å². The number of benzene rings is 3. The monoisotopic (exact) mass is 499 g/mol. The molecule has 3 aromatic carbocycles. The lowest BCUT2D eigenvalue weighted by atomic mass is 10.1. The number of methoxy groups -OCH3 is 2. The summed E-state index contributed by atoms with van der Waals surface area (Å²) >= 11 is 0. The van der Waals surface area contributed by atoms with Gasteiger partial charge in [0.1, 0.15) is 17.3 Å². The van der Waals surface area contributed by atoms with Crippen molar-refractivity contribution in [2.45, 2.75) is 30.8 Å². The molecule has 35 heavy (non-hydrogen) atoms. The van der Waals surface area contributed by atoms with Crippen molar-refractivity contribution in [3.8, 4) is 22.6 Å². The van der Waals surface area contributed by atoms with Gasteiger partial charge in [-0.3, -0.25) is 4.72 Å². The second-order valence-electron chi connectivity index (χ2n) is 8.73. The van der Waals surface area contributed by atoms with E-state index in [1.165, 1.54) is 38.5 Å². The number of hydrogen-bond acceptors (Lipinski definition) is 6. The number of anilines is 2. The normalized spacial score (nSPS) is 18.3. The van der Waals surface area contributed by atoms with Crippen molar-refractivity contribution in [1.29, 1.82) is 0 Å². The van der Waals surface area contributed by atoms with Crippen molar-refractivity contribution in [1.82, 2.24) is 5.32 Å². The molecular weight excluding hydrogens is 469 g/mol. The molecule has 9 heteroatoms. The molecule has 186 valence electrons. The molecule has 2 N–H and O–H groups in total. The standard InChI is InChI=1S/C26H30FN3O4S/c1-17-15-30(16-18(2)28-17)20-7-12-26(34-4)25(13-20)29-35(31,32)22-9-5-19(6-10-22)23-14-21(33-3)8-11-24(23)27/h5-14,17-18,28-29H,15-16H2,1-4H3/t17-,18+. The Morgan fingerprint density at radius 1 is 0.943 bits per heavy atom. The summed E-state index contributed by atoms with van der Waals surface area (Å²) in [5.74, 6) is 0.515. The van der Waals surface area contributed by atoms with Gasteiger partial charge in [-0.15, -0.1) is 0 Å². The molecule has 7 nitrogen and oxygen atoms in total. The Bertz CT molecular complexity index is 1290. The van der Waals surface area contributed by atoms with E-state index in [9.17, 15) is 12.8 Å². The Morgan fingerprint density at radius 2 is 1.63 bits per heavy atom. The van der Waals surface area contributed by atoms with Crippen LogP contribution in [0.5, 0.6) is 11.5 Å². The number of rotatable bonds is 7. The number of halogens is 1. The lowest BCUT2D eigenvalue weighted by Gasteiger charge is -2.38. The zero-order valence-electron chi connectivity index (χ0n) is 20.2. The predicted octanol–water partition coefficient (Wildman–Crippen LogP) is 4.50.